The van der Waals surface area contributed by atoms with Gasteiger partial charge >= 0.3 is 12.1 Å². The summed E-state index contributed by atoms with van der Waals surface area (Å²) in [5.41, 5.74) is 2.30. The number of hydrogen-bond donors (Lipinski definition) is 1. The summed E-state index contributed by atoms with van der Waals surface area (Å²) in [6, 6.07) is 9.12. The summed E-state index contributed by atoms with van der Waals surface area (Å²) in [4.78, 5) is 31.3. The molecular weight excluding hydrogens is 415 g/mol. The Morgan fingerprint density at radius 3 is 2.52 bits per heavy atom. The van der Waals surface area contributed by atoms with Crippen molar-refractivity contribution < 1.29 is 27.5 Å². The first-order chi connectivity index (χ1) is 14.6. The highest BCUT2D eigenvalue weighted by Crippen LogP contribution is 2.27. The molecule has 31 heavy (non-hydrogen) atoms. The minimum Gasteiger partial charge on any atom is -0.460 e. The molecule has 1 amide bonds. The summed E-state index contributed by atoms with van der Waals surface area (Å²) in [5, 5.41) is 5.95. The van der Waals surface area contributed by atoms with Crippen molar-refractivity contribution in [2.75, 3.05) is 6.54 Å². The maximum Gasteiger partial charge on any atom is 0.453 e. The smallest absolute Gasteiger partial charge is 0.453 e. The van der Waals surface area contributed by atoms with E-state index in [9.17, 15) is 22.8 Å². The van der Waals surface area contributed by atoms with E-state index in [1.807, 2.05) is 30.3 Å². The number of rotatable bonds is 7. The molecule has 0 saturated heterocycles. The topological polar surface area (TPSA) is 98.5 Å². The number of halogens is 3. The predicted molar refractivity (Wildman–Crippen MR) is 103 cm³/mol. The van der Waals surface area contributed by atoms with Gasteiger partial charge in [-0.25, -0.2) is 9.50 Å². The molecule has 0 aliphatic rings. The standard InChI is InChI=1S/C20H20F3N5O3/c1-12-15(13(2)28-19(25-12)26-18(27-28)20(21,22)23)8-9-16(29)24-10-17(30)31-11-14-6-4-3-5-7-14/h3-7H,8-11H2,1-2H3,(H,24,29). The minimum atomic E-state index is -4.68. The number of alkyl halides is 3. The first-order valence-corrected chi connectivity index (χ1v) is 9.41. The highest BCUT2D eigenvalue weighted by Gasteiger charge is 2.36. The van der Waals surface area contributed by atoms with Crippen molar-refractivity contribution in [1.29, 1.82) is 0 Å². The van der Waals surface area contributed by atoms with E-state index in [0.29, 0.717) is 17.0 Å². The first-order valence-electron chi connectivity index (χ1n) is 9.41. The normalized spacial score (nSPS) is 11.5. The van der Waals surface area contributed by atoms with Crippen molar-refractivity contribution >= 4 is 17.7 Å². The van der Waals surface area contributed by atoms with E-state index in [4.69, 9.17) is 4.74 Å². The van der Waals surface area contributed by atoms with Crippen LogP contribution in [0.15, 0.2) is 30.3 Å². The van der Waals surface area contributed by atoms with Gasteiger partial charge in [0, 0.05) is 17.8 Å². The average molecular weight is 435 g/mol. The molecule has 164 valence electrons. The molecular formula is C20H20F3N5O3. The van der Waals surface area contributed by atoms with Crippen LogP contribution in [0.3, 0.4) is 0 Å². The van der Waals surface area contributed by atoms with Gasteiger partial charge in [0.05, 0.1) is 0 Å². The Kier molecular flexibility index (Phi) is 6.52. The Hall–Kier alpha value is -3.50. The highest BCUT2D eigenvalue weighted by atomic mass is 19.4. The molecule has 0 saturated carbocycles. The molecule has 3 aromatic rings. The number of carbonyl (C=O) groups is 2. The lowest BCUT2D eigenvalue weighted by atomic mass is 10.1. The molecule has 1 N–H and O–H groups in total. The molecule has 2 heterocycles. The molecule has 8 nitrogen and oxygen atoms in total. The first kappa shape index (κ1) is 22.2. The Labute approximate surface area is 175 Å². The number of benzene rings is 1. The van der Waals surface area contributed by atoms with Crippen LogP contribution in [0.5, 0.6) is 0 Å². The van der Waals surface area contributed by atoms with E-state index in [0.717, 1.165) is 10.1 Å². The van der Waals surface area contributed by atoms with Gasteiger partial charge in [0.1, 0.15) is 13.2 Å². The quantitative estimate of drug-likeness (QED) is 0.573. The second kappa shape index (κ2) is 9.11. The predicted octanol–water partition coefficient (Wildman–Crippen LogP) is 2.55. The summed E-state index contributed by atoms with van der Waals surface area (Å²) in [6.45, 7) is 3.05. The lowest BCUT2D eigenvalue weighted by Gasteiger charge is -2.10. The van der Waals surface area contributed by atoms with Crippen LogP contribution in [0.2, 0.25) is 0 Å². The molecule has 0 spiro atoms. The number of nitrogens with zero attached hydrogens (tertiary/aromatic N) is 4. The molecule has 0 fully saturated rings. The average Bonchev–Trinajstić information content (AvgIpc) is 3.16. The second-order valence-electron chi connectivity index (χ2n) is 6.83. The lowest BCUT2D eigenvalue weighted by molar-refractivity contribution is -0.145. The zero-order chi connectivity index (χ0) is 22.6. The van der Waals surface area contributed by atoms with Gasteiger partial charge in [0.15, 0.2) is 0 Å². The summed E-state index contributed by atoms with van der Waals surface area (Å²) in [6.07, 6.45) is -4.45. The van der Waals surface area contributed by atoms with Gasteiger partial charge in [-0.3, -0.25) is 9.59 Å². The van der Waals surface area contributed by atoms with E-state index in [1.165, 1.54) is 0 Å². The fraction of sp³-hybridized carbons (Fsp3) is 0.350. The van der Waals surface area contributed by atoms with Gasteiger partial charge in [-0.1, -0.05) is 30.3 Å². The molecule has 3 rings (SSSR count). The van der Waals surface area contributed by atoms with E-state index < -0.39 is 23.9 Å². The summed E-state index contributed by atoms with van der Waals surface area (Å²) >= 11 is 0. The van der Waals surface area contributed by atoms with Crippen LogP contribution < -0.4 is 5.32 Å². The fourth-order valence-electron chi connectivity index (χ4n) is 2.98. The molecule has 11 heteroatoms. The van der Waals surface area contributed by atoms with Crippen molar-refractivity contribution in [2.45, 2.75) is 39.5 Å². The lowest BCUT2D eigenvalue weighted by Crippen LogP contribution is -2.30. The Bertz CT molecular complexity index is 1100. The summed E-state index contributed by atoms with van der Waals surface area (Å²) in [5.74, 6) is -2.40. The third kappa shape index (κ3) is 5.56. The Balaban J connectivity index is 1.55. The number of aromatic nitrogens is 4. The van der Waals surface area contributed by atoms with E-state index in [-0.39, 0.29) is 31.8 Å². The van der Waals surface area contributed by atoms with E-state index in [1.54, 1.807) is 13.8 Å². The van der Waals surface area contributed by atoms with Crippen LogP contribution in [0.1, 0.15) is 34.8 Å². The number of fused-ring (bicyclic) bond motifs is 1. The van der Waals surface area contributed by atoms with Gasteiger partial charge in [0.25, 0.3) is 11.6 Å². The van der Waals surface area contributed by atoms with Gasteiger partial charge in [0.2, 0.25) is 5.91 Å². The maximum absolute atomic E-state index is 12.9. The van der Waals surface area contributed by atoms with Gasteiger partial charge < -0.3 is 10.1 Å². The monoisotopic (exact) mass is 435 g/mol. The molecule has 0 bridgehead atoms. The number of ether oxygens (including phenoxy) is 1. The summed E-state index contributed by atoms with van der Waals surface area (Å²) in [7, 11) is 0. The fourth-order valence-corrected chi connectivity index (χ4v) is 2.98. The third-order valence-corrected chi connectivity index (χ3v) is 4.58. The Morgan fingerprint density at radius 2 is 1.84 bits per heavy atom. The van der Waals surface area contributed by atoms with Crippen molar-refractivity contribution in [3.63, 3.8) is 0 Å². The van der Waals surface area contributed by atoms with Gasteiger partial charge in [-0.15, -0.1) is 5.10 Å². The number of hydrogen-bond acceptors (Lipinski definition) is 6. The van der Waals surface area contributed by atoms with Crippen LogP contribution in [0, 0.1) is 13.8 Å². The third-order valence-electron chi connectivity index (χ3n) is 4.58. The van der Waals surface area contributed by atoms with Crippen LogP contribution in [0.4, 0.5) is 13.2 Å². The van der Waals surface area contributed by atoms with Crippen LogP contribution in [0.25, 0.3) is 5.78 Å². The van der Waals surface area contributed by atoms with Crippen molar-refractivity contribution in [2.24, 2.45) is 0 Å². The number of amides is 1. The number of esters is 1. The molecule has 0 radical (unpaired) electrons. The largest absolute Gasteiger partial charge is 0.460 e. The van der Waals surface area contributed by atoms with Crippen LogP contribution >= 0.6 is 0 Å². The molecule has 0 aliphatic heterocycles. The molecule has 0 atom stereocenters. The van der Waals surface area contributed by atoms with Gasteiger partial charge in [-0.05, 0) is 31.4 Å². The van der Waals surface area contributed by atoms with Crippen molar-refractivity contribution in [1.82, 2.24) is 24.9 Å². The summed E-state index contributed by atoms with van der Waals surface area (Å²) < 4.78 is 44.7. The van der Waals surface area contributed by atoms with E-state index in [2.05, 4.69) is 20.4 Å². The second-order valence-corrected chi connectivity index (χ2v) is 6.83. The number of nitrogens with one attached hydrogen (secondary N) is 1. The zero-order valence-electron chi connectivity index (χ0n) is 16.9. The SMILES string of the molecule is Cc1nc2nc(C(F)(F)F)nn2c(C)c1CCC(=O)NCC(=O)OCc1ccccc1. The van der Waals surface area contributed by atoms with Gasteiger partial charge in [-0.2, -0.15) is 18.2 Å². The van der Waals surface area contributed by atoms with E-state index >= 15 is 0 Å². The van der Waals surface area contributed by atoms with Crippen LogP contribution in [-0.4, -0.2) is 38.0 Å². The maximum atomic E-state index is 12.9. The Morgan fingerprint density at radius 1 is 1.13 bits per heavy atom. The highest BCUT2D eigenvalue weighted by molar-refractivity contribution is 5.82. The van der Waals surface area contributed by atoms with Crippen molar-refractivity contribution in [3.05, 3.63) is 58.7 Å². The molecule has 1 aromatic carbocycles. The molecule has 0 unspecified atom stereocenters. The molecule has 0 aliphatic carbocycles. The van der Waals surface area contributed by atoms with Crippen molar-refractivity contribution in [3.8, 4) is 0 Å². The number of aryl methyl sites for hydroxylation is 2. The minimum absolute atomic E-state index is 0.0155. The number of carbonyl (C=O) groups excluding carboxylic acids is 2. The molecule has 2 aromatic heterocycles. The zero-order valence-corrected chi connectivity index (χ0v) is 16.9. The van der Waals surface area contributed by atoms with Crippen LogP contribution in [-0.2, 0) is 33.5 Å².